The molecule has 2 saturated heterocycles. The number of benzene rings is 2. The van der Waals surface area contributed by atoms with Gasteiger partial charge in [0.05, 0.1) is 41.3 Å². The van der Waals surface area contributed by atoms with Gasteiger partial charge in [-0.25, -0.2) is 13.1 Å². The van der Waals surface area contributed by atoms with E-state index in [0.717, 1.165) is 30.9 Å². The summed E-state index contributed by atoms with van der Waals surface area (Å²) in [6.07, 6.45) is 0.276. The standard InChI is InChI=1S/C26H28N4O5S/c1-34-20-15-28(16-20)14-18-5-4-6-19(13-18)30-25-21-7-2-3-8-23(21)36(32,33)17-22(25)24(27-30)26(31)29-9-11-35-12-10-29/h2-8,13,20H,9-12,14-17H2,1H3. The summed E-state index contributed by atoms with van der Waals surface area (Å²) < 4.78 is 38.9. The van der Waals surface area contributed by atoms with E-state index in [1.807, 2.05) is 18.2 Å². The molecule has 0 bridgehead atoms. The molecule has 1 amide bonds. The van der Waals surface area contributed by atoms with Crippen LogP contribution in [-0.2, 0) is 31.6 Å². The van der Waals surface area contributed by atoms with Crippen molar-refractivity contribution in [1.82, 2.24) is 19.6 Å². The number of nitrogens with zero attached hydrogens (tertiary/aromatic N) is 4. The van der Waals surface area contributed by atoms with Gasteiger partial charge in [-0.3, -0.25) is 9.69 Å². The Morgan fingerprint density at radius 1 is 1.11 bits per heavy atom. The average molecular weight is 509 g/mol. The van der Waals surface area contributed by atoms with Gasteiger partial charge in [-0.15, -0.1) is 0 Å². The highest BCUT2D eigenvalue weighted by molar-refractivity contribution is 7.90. The van der Waals surface area contributed by atoms with Crippen LogP contribution in [0.5, 0.6) is 0 Å². The van der Waals surface area contributed by atoms with Crippen LogP contribution in [0.15, 0.2) is 53.4 Å². The van der Waals surface area contributed by atoms with Crippen molar-refractivity contribution in [2.75, 3.05) is 46.5 Å². The highest BCUT2D eigenvalue weighted by Crippen LogP contribution is 2.41. The van der Waals surface area contributed by atoms with Gasteiger partial charge >= 0.3 is 0 Å². The molecular formula is C26H28N4O5S. The lowest BCUT2D eigenvalue weighted by molar-refractivity contribution is -0.0333. The summed E-state index contributed by atoms with van der Waals surface area (Å²) in [6, 6.07) is 15.0. The molecule has 0 radical (unpaired) electrons. The van der Waals surface area contributed by atoms with Gasteiger partial charge in [-0.05, 0) is 23.8 Å². The topological polar surface area (TPSA) is 94.0 Å². The minimum Gasteiger partial charge on any atom is -0.379 e. The van der Waals surface area contributed by atoms with Crippen LogP contribution in [-0.4, -0.2) is 86.5 Å². The predicted octanol–water partition coefficient (Wildman–Crippen LogP) is 2.13. The van der Waals surface area contributed by atoms with Gasteiger partial charge in [-0.2, -0.15) is 5.10 Å². The molecule has 1 aromatic heterocycles. The zero-order valence-electron chi connectivity index (χ0n) is 20.1. The first kappa shape index (κ1) is 23.4. The smallest absolute Gasteiger partial charge is 0.274 e. The van der Waals surface area contributed by atoms with Crippen molar-refractivity contribution in [1.29, 1.82) is 0 Å². The SMILES string of the molecule is COC1CN(Cc2cccc(-n3nc(C(=O)N4CCOCC4)c4c3-c3ccccc3S(=O)(=O)C4)c2)C1. The van der Waals surface area contributed by atoms with Crippen molar-refractivity contribution in [2.45, 2.75) is 23.3 Å². The fourth-order valence-electron chi connectivity index (χ4n) is 5.19. The number of morpholine rings is 1. The molecule has 9 nitrogen and oxygen atoms in total. The first-order valence-electron chi connectivity index (χ1n) is 12.1. The predicted molar refractivity (Wildman–Crippen MR) is 133 cm³/mol. The Morgan fingerprint density at radius 2 is 1.89 bits per heavy atom. The van der Waals surface area contributed by atoms with Gasteiger partial charge in [0.15, 0.2) is 15.5 Å². The molecule has 4 heterocycles. The maximum absolute atomic E-state index is 13.5. The largest absolute Gasteiger partial charge is 0.379 e. The summed E-state index contributed by atoms with van der Waals surface area (Å²) >= 11 is 0. The van der Waals surface area contributed by atoms with E-state index in [9.17, 15) is 13.2 Å². The average Bonchev–Trinajstić information content (AvgIpc) is 3.25. The first-order chi connectivity index (χ1) is 17.4. The van der Waals surface area contributed by atoms with E-state index in [1.165, 1.54) is 0 Å². The quantitative estimate of drug-likeness (QED) is 0.521. The molecule has 0 atom stereocenters. The van der Waals surface area contributed by atoms with E-state index in [0.29, 0.717) is 43.1 Å². The summed E-state index contributed by atoms with van der Waals surface area (Å²) in [4.78, 5) is 17.8. The number of sulfone groups is 1. The Hall–Kier alpha value is -3.05. The number of aromatic nitrogens is 2. The van der Waals surface area contributed by atoms with Gasteiger partial charge in [0.25, 0.3) is 5.91 Å². The van der Waals surface area contributed by atoms with Gasteiger partial charge in [-0.1, -0.05) is 30.3 Å². The number of rotatable bonds is 5. The Kier molecular flexibility index (Phi) is 5.91. The second kappa shape index (κ2) is 9.11. The molecule has 188 valence electrons. The van der Waals surface area contributed by atoms with E-state index >= 15 is 0 Å². The number of ether oxygens (including phenoxy) is 2. The Bertz CT molecular complexity index is 1420. The minimum atomic E-state index is -3.61. The fourth-order valence-corrected chi connectivity index (χ4v) is 6.78. The van der Waals surface area contributed by atoms with Crippen molar-refractivity contribution >= 4 is 15.7 Å². The van der Waals surface area contributed by atoms with Gasteiger partial charge in [0, 0.05) is 51.0 Å². The molecule has 0 aliphatic carbocycles. The molecular weight excluding hydrogens is 480 g/mol. The normalized spacial score (nSPS) is 19.4. The monoisotopic (exact) mass is 508 g/mol. The second-order valence-electron chi connectivity index (χ2n) is 9.47. The molecule has 3 aliphatic heterocycles. The van der Waals surface area contributed by atoms with Crippen molar-refractivity contribution in [2.24, 2.45) is 0 Å². The highest BCUT2D eigenvalue weighted by atomic mass is 32.2. The van der Waals surface area contributed by atoms with Crippen LogP contribution >= 0.6 is 0 Å². The number of fused-ring (bicyclic) bond motifs is 3. The van der Waals surface area contributed by atoms with Crippen LogP contribution in [0.3, 0.4) is 0 Å². The molecule has 0 unspecified atom stereocenters. The number of amides is 1. The lowest BCUT2D eigenvalue weighted by Crippen LogP contribution is -2.50. The zero-order valence-corrected chi connectivity index (χ0v) is 20.9. The lowest BCUT2D eigenvalue weighted by atomic mass is 10.0. The Morgan fingerprint density at radius 3 is 2.67 bits per heavy atom. The van der Waals surface area contributed by atoms with Crippen LogP contribution in [0.25, 0.3) is 16.9 Å². The third kappa shape index (κ3) is 4.03. The first-order valence-corrected chi connectivity index (χ1v) is 13.8. The summed E-state index contributed by atoms with van der Waals surface area (Å²) in [7, 11) is -1.87. The molecule has 0 spiro atoms. The third-order valence-corrected chi connectivity index (χ3v) is 8.81. The number of hydrogen-bond donors (Lipinski definition) is 0. The lowest BCUT2D eigenvalue weighted by Gasteiger charge is -2.38. The third-order valence-electron chi connectivity index (χ3n) is 7.11. The maximum atomic E-state index is 13.5. The molecule has 10 heteroatoms. The fraction of sp³-hybridized carbons (Fsp3) is 0.385. The van der Waals surface area contributed by atoms with E-state index in [4.69, 9.17) is 14.6 Å². The molecule has 3 aromatic rings. The summed E-state index contributed by atoms with van der Waals surface area (Å²) in [6.45, 7) is 4.38. The van der Waals surface area contributed by atoms with Crippen LogP contribution in [0.2, 0.25) is 0 Å². The Labute approximate surface area is 210 Å². The minimum absolute atomic E-state index is 0.195. The van der Waals surface area contributed by atoms with Crippen LogP contribution < -0.4 is 0 Å². The molecule has 3 aliphatic rings. The number of carbonyl (C=O) groups excluding carboxylic acids is 1. The molecule has 6 rings (SSSR count). The molecule has 0 saturated carbocycles. The van der Waals surface area contributed by atoms with Crippen molar-refractivity contribution in [3.8, 4) is 16.9 Å². The Balaban J connectivity index is 1.45. The maximum Gasteiger partial charge on any atom is 0.274 e. The molecule has 0 N–H and O–H groups in total. The zero-order chi connectivity index (χ0) is 24.9. The summed E-state index contributed by atoms with van der Waals surface area (Å²) in [5.41, 5.74) is 3.80. The van der Waals surface area contributed by atoms with E-state index < -0.39 is 9.84 Å². The molecule has 2 fully saturated rings. The van der Waals surface area contributed by atoms with Gasteiger partial charge in [0.2, 0.25) is 0 Å². The second-order valence-corrected chi connectivity index (χ2v) is 11.4. The van der Waals surface area contributed by atoms with Gasteiger partial charge in [0.1, 0.15) is 0 Å². The van der Waals surface area contributed by atoms with Crippen LogP contribution in [0, 0.1) is 0 Å². The van der Waals surface area contributed by atoms with E-state index in [-0.39, 0.29) is 28.4 Å². The highest BCUT2D eigenvalue weighted by Gasteiger charge is 2.37. The summed E-state index contributed by atoms with van der Waals surface area (Å²) in [5, 5.41) is 4.77. The van der Waals surface area contributed by atoms with E-state index in [2.05, 4.69) is 17.0 Å². The van der Waals surface area contributed by atoms with Crippen molar-refractivity contribution in [3.63, 3.8) is 0 Å². The van der Waals surface area contributed by atoms with Crippen molar-refractivity contribution < 1.29 is 22.7 Å². The van der Waals surface area contributed by atoms with Crippen LogP contribution in [0.4, 0.5) is 0 Å². The number of carbonyl (C=O) groups is 1. The van der Waals surface area contributed by atoms with Crippen LogP contribution in [0.1, 0.15) is 21.6 Å². The molecule has 36 heavy (non-hydrogen) atoms. The molecule has 2 aromatic carbocycles. The van der Waals surface area contributed by atoms with Gasteiger partial charge < -0.3 is 14.4 Å². The number of likely N-dealkylation sites (tertiary alicyclic amines) is 1. The summed E-state index contributed by atoms with van der Waals surface area (Å²) in [5.74, 6) is -0.512. The number of hydrogen-bond acceptors (Lipinski definition) is 7. The van der Waals surface area contributed by atoms with E-state index in [1.54, 1.807) is 34.9 Å². The number of methoxy groups -OCH3 is 1. The van der Waals surface area contributed by atoms with Crippen molar-refractivity contribution in [3.05, 3.63) is 65.4 Å².